The third-order valence-corrected chi connectivity index (χ3v) is 4.04. The minimum absolute atomic E-state index is 0.0331. The molecule has 3 heteroatoms. The number of hydrogen-bond acceptors (Lipinski definition) is 3. The first-order valence-corrected chi connectivity index (χ1v) is 6.52. The molecule has 3 atom stereocenters. The molecule has 0 aromatic rings. The van der Waals surface area contributed by atoms with Gasteiger partial charge in [-0.1, -0.05) is 13.8 Å². The summed E-state index contributed by atoms with van der Waals surface area (Å²) in [6, 6.07) is 0.372. The van der Waals surface area contributed by atoms with E-state index in [1.54, 1.807) is 7.11 Å². The van der Waals surface area contributed by atoms with E-state index in [-0.39, 0.29) is 5.60 Å². The fourth-order valence-electron chi connectivity index (χ4n) is 3.67. The second-order valence-corrected chi connectivity index (χ2v) is 5.73. The summed E-state index contributed by atoms with van der Waals surface area (Å²) in [5.74, 6) is 1.53. The molecule has 1 aliphatic carbocycles. The third kappa shape index (κ3) is 2.41. The molecule has 0 aromatic carbocycles. The van der Waals surface area contributed by atoms with Gasteiger partial charge in [-0.05, 0) is 31.1 Å². The largest absolute Gasteiger partial charge is 0.383 e. The fourth-order valence-corrected chi connectivity index (χ4v) is 3.67. The van der Waals surface area contributed by atoms with Crippen molar-refractivity contribution < 1.29 is 9.47 Å². The van der Waals surface area contributed by atoms with Gasteiger partial charge in [-0.15, -0.1) is 0 Å². The van der Waals surface area contributed by atoms with E-state index in [1.165, 1.54) is 19.3 Å². The molecule has 0 bridgehead atoms. The molecule has 1 spiro atoms. The van der Waals surface area contributed by atoms with Gasteiger partial charge >= 0.3 is 0 Å². The molecule has 0 aromatic heterocycles. The number of nitrogens with one attached hydrogen (secondary N) is 1. The Morgan fingerprint density at radius 1 is 1.31 bits per heavy atom. The summed E-state index contributed by atoms with van der Waals surface area (Å²) in [7, 11) is 1.78. The average molecular weight is 227 g/mol. The zero-order chi connectivity index (χ0) is 11.6. The molecule has 2 fully saturated rings. The van der Waals surface area contributed by atoms with Crippen molar-refractivity contribution in [3.63, 3.8) is 0 Å². The van der Waals surface area contributed by atoms with Gasteiger partial charge in [0.2, 0.25) is 0 Å². The van der Waals surface area contributed by atoms with Crippen LogP contribution in [-0.2, 0) is 9.47 Å². The zero-order valence-electron chi connectivity index (χ0n) is 10.8. The molecule has 16 heavy (non-hydrogen) atoms. The molecule has 1 N–H and O–H groups in total. The molecule has 2 aliphatic rings. The number of methoxy groups -OCH3 is 1. The fraction of sp³-hybridized carbons (Fsp3) is 1.00. The van der Waals surface area contributed by atoms with E-state index in [0.29, 0.717) is 6.04 Å². The lowest BCUT2D eigenvalue weighted by molar-refractivity contribution is -0.146. The average Bonchev–Trinajstić information content (AvgIpc) is 2.20. The van der Waals surface area contributed by atoms with Gasteiger partial charge in [0.25, 0.3) is 0 Å². The van der Waals surface area contributed by atoms with Gasteiger partial charge < -0.3 is 14.8 Å². The van der Waals surface area contributed by atoms with Crippen LogP contribution in [0, 0.1) is 11.8 Å². The summed E-state index contributed by atoms with van der Waals surface area (Å²) < 4.78 is 11.5. The zero-order valence-corrected chi connectivity index (χ0v) is 10.8. The van der Waals surface area contributed by atoms with Gasteiger partial charge in [0.1, 0.15) is 0 Å². The molecule has 1 aliphatic heterocycles. The van der Waals surface area contributed by atoms with Gasteiger partial charge in [0, 0.05) is 13.7 Å². The Labute approximate surface area is 98.9 Å². The van der Waals surface area contributed by atoms with Crippen LogP contribution in [-0.4, -0.2) is 38.5 Å². The minimum Gasteiger partial charge on any atom is -0.383 e. The van der Waals surface area contributed by atoms with Gasteiger partial charge in [-0.25, -0.2) is 0 Å². The lowest BCUT2D eigenvalue weighted by Gasteiger charge is -2.50. The van der Waals surface area contributed by atoms with Crippen LogP contribution in [0.5, 0.6) is 0 Å². The molecule has 3 unspecified atom stereocenters. The van der Waals surface area contributed by atoms with E-state index in [9.17, 15) is 0 Å². The molecular formula is C13H25NO2. The first-order chi connectivity index (χ1) is 7.66. The van der Waals surface area contributed by atoms with Crippen molar-refractivity contribution in [3.8, 4) is 0 Å². The van der Waals surface area contributed by atoms with E-state index in [0.717, 1.165) is 31.6 Å². The summed E-state index contributed by atoms with van der Waals surface area (Å²) in [6.07, 6.45) is 3.70. The summed E-state index contributed by atoms with van der Waals surface area (Å²) in [5.41, 5.74) is 0.0331. The second kappa shape index (κ2) is 5.03. The van der Waals surface area contributed by atoms with Gasteiger partial charge in [0.05, 0.1) is 24.9 Å². The van der Waals surface area contributed by atoms with Crippen LogP contribution in [0.4, 0.5) is 0 Å². The Morgan fingerprint density at radius 2 is 2.00 bits per heavy atom. The van der Waals surface area contributed by atoms with Crippen molar-refractivity contribution in [2.24, 2.45) is 11.8 Å². The summed E-state index contributed by atoms with van der Waals surface area (Å²) in [6.45, 7) is 7.26. The van der Waals surface area contributed by atoms with Crippen LogP contribution < -0.4 is 5.32 Å². The van der Waals surface area contributed by atoms with Gasteiger partial charge in [-0.3, -0.25) is 0 Å². The number of hydrogen-bond donors (Lipinski definition) is 1. The Hall–Kier alpha value is -0.120. The maximum absolute atomic E-state index is 6.17. The molecule has 1 saturated heterocycles. The molecule has 2 rings (SSSR count). The predicted molar refractivity (Wildman–Crippen MR) is 64.5 cm³/mol. The summed E-state index contributed by atoms with van der Waals surface area (Å²) in [4.78, 5) is 0. The predicted octanol–water partition coefficient (Wildman–Crippen LogP) is 1.82. The molecule has 94 valence electrons. The number of morpholine rings is 1. The third-order valence-electron chi connectivity index (χ3n) is 4.04. The summed E-state index contributed by atoms with van der Waals surface area (Å²) >= 11 is 0. The van der Waals surface area contributed by atoms with Crippen LogP contribution >= 0.6 is 0 Å². The minimum atomic E-state index is 0.0331. The number of ether oxygens (including phenoxy) is 2. The Balaban J connectivity index is 2.11. The lowest BCUT2D eigenvalue weighted by atomic mass is 9.70. The van der Waals surface area contributed by atoms with Gasteiger partial charge in [0.15, 0.2) is 0 Å². The maximum atomic E-state index is 6.17. The highest BCUT2D eigenvalue weighted by Crippen LogP contribution is 2.41. The van der Waals surface area contributed by atoms with E-state index in [4.69, 9.17) is 9.47 Å². The van der Waals surface area contributed by atoms with Crippen molar-refractivity contribution in [2.75, 3.05) is 26.9 Å². The highest BCUT2D eigenvalue weighted by molar-refractivity contribution is 5.00. The Kier molecular flexibility index (Phi) is 3.88. The first-order valence-electron chi connectivity index (χ1n) is 6.52. The second-order valence-electron chi connectivity index (χ2n) is 5.73. The van der Waals surface area contributed by atoms with E-state index in [1.807, 2.05) is 0 Å². The molecule has 3 nitrogen and oxygen atoms in total. The number of rotatable bonds is 2. The molecule has 0 radical (unpaired) electrons. The Morgan fingerprint density at radius 3 is 2.62 bits per heavy atom. The van der Waals surface area contributed by atoms with Crippen LogP contribution in [0.3, 0.4) is 0 Å². The quantitative estimate of drug-likeness (QED) is 0.780. The van der Waals surface area contributed by atoms with Crippen molar-refractivity contribution >= 4 is 0 Å². The van der Waals surface area contributed by atoms with Crippen molar-refractivity contribution in [1.29, 1.82) is 0 Å². The van der Waals surface area contributed by atoms with Crippen LogP contribution in [0.15, 0.2) is 0 Å². The highest BCUT2D eigenvalue weighted by Gasteiger charge is 2.46. The SMILES string of the molecule is COCC1NCCOC12CC(C)CC(C)C2. The maximum Gasteiger partial charge on any atom is 0.0863 e. The van der Waals surface area contributed by atoms with Crippen molar-refractivity contribution in [1.82, 2.24) is 5.32 Å². The van der Waals surface area contributed by atoms with Crippen molar-refractivity contribution in [2.45, 2.75) is 44.8 Å². The first kappa shape index (κ1) is 12.3. The monoisotopic (exact) mass is 227 g/mol. The smallest absolute Gasteiger partial charge is 0.0863 e. The van der Waals surface area contributed by atoms with E-state index < -0.39 is 0 Å². The molecule has 1 saturated carbocycles. The molecule has 1 heterocycles. The molecular weight excluding hydrogens is 202 g/mol. The summed E-state index contributed by atoms with van der Waals surface area (Å²) in [5, 5.41) is 3.57. The highest BCUT2D eigenvalue weighted by atomic mass is 16.5. The lowest BCUT2D eigenvalue weighted by Crippen LogP contribution is -2.62. The Bertz CT molecular complexity index is 220. The molecule has 0 amide bonds. The van der Waals surface area contributed by atoms with Gasteiger partial charge in [-0.2, -0.15) is 0 Å². The van der Waals surface area contributed by atoms with Crippen molar-refractivity contribution in [3.05, 3.63) is 0 Å². The topological polar surface area (TPSA) is 30.5 Å². The standard InChI is InChI=1S/C13H25NO2/c1-10-6-11(2)8-13(7-10)12(9-15-3)14-4-5-16-13/h10-12,14H,4-9H2,1-3H3. The van der Waals surface area contributed by atoms with Crippen LogP contribution in [0.2, 0.25) is 0 Å². The van der Waals surface area contributed by atoms with E-state index >= 15 is 0 Å². The van der Waals surface area contributed by atoms with E-state index in [2.05, 4.69) is 19.2 Å². The normalized spacial score (nSPS) is 44.8. The van der Waals surface area contributed by atoms with Crippen LogP contribution in [0.1, 0.15) is 33.1 Å². The van der Waals surface area contributed by atoms with Crippen LogP contribution in [0.25, 0.3) is 0 Å².